The van der Waals surface area contributed by atoms with Crippen LogP contribution in [0.2, 0.25) is 5.02 Å². The number of fused-ring (bicyclic) bond motifs is 1. The Balaban J connectivity index is 2.19. The first-order valence-electron chi connectivity index (χ1n) is 8.08. The van der Waals surface area contributed by atoms with Gasteiger partial charge in [-0.05, 0) is 43.7 Å². The molecule has 7 heteroatoms. The number of hydrogen-bond donors (Lipinski definition) is 0. The van der Waals surface area contributed by atoms with Crippen molar-refractivity contribution < 1.29 is 9.53 Å². The van der Waals surface area contributed by atoms with Gasteiger partial charge in [0.2, 0.25) is 0 Å². The number of benzene rings is 2. The van der Waals surface area contributed by atoms with Crippen molar-refractivity contribution in [2.45, 2.75) is 19.0 Å². The van der Waals surface area contributed by atoms with E-state index in [1.165, 1.54) is 4.57 Å². The highest BCUT2D eigenvalue weighted by Gasteiger charge is 2.17. The molecule has 0 N–H and O–H groups in total. The van der Waals surface area contributed by atoms with Crippen LogP contribution in [-0.4, -0.2) is 27.9 Å². The minimum Gasteiger partial charge on any atom is -0.465 e. The van der Waals surface area contributed by atoms with Crippen LogP contribution >= 0.6 is 23.4 Å². The average Bonchev–Trinajstić information content (AvgIpc) is 2.63. The number of ether oxygens (including phenoxy) is 1. The second kappa shape index (κ2) is 7.93. The number of carbonyl (C=O) groups is 1. The van der Waals surface area contributed by atoms with E-state index in [9.17, 15) is 9.59 Å². The molecule has 0 aliphatic heterocycles. The van der Waals surface area contributed by atoms with Crippen LogP contribution < -0.4 is 5.56 Å². The van der Waals surface area contributed by atoms with E-state index in [0.29, 0.717) is 33.4 Å². The Kier molecular flexibility index (Phi) is 5.64. The second-order valence-electron chi connectivity index (χ2n) is 5.60. The minimum atomic E-state index is -0.359. The van der Waals surface area contributed by atoms with E-state index in [-0.39, 0.29) is 17.3 Å². The van der Waals surface area contributed by atoms with Gasteiger partial charge < -0.3 is 4.74 Å². The first-order valence-corrected chi connectivity index (χ1v) is 9.44. The van der Waals surface area contributed by atoms with E-state index in [4.69, 9.17) is 16.3 Å². The summed E-state index contributed by atoms with van der Waals surface area (Å²) in [5.41, 5.74) is 1.85. The fraction of sp³-hybridized carbons (Fsp3) is 0.211. The van der Waals surface area contributed by atoms with Gasteiger partial charge in [-0.1, -0.05) is 41.6 Å². The van der Waals surface area contributed by atoms with Crippen LogP contribution in [0.3, 0.4) is 0 Å². The first kappa shape index (κ1) is 18.5. The van der Waals surface area contributed by atoms with E-state index in [0.717, 1.165) is 17.3 Å². The van der Waals surface area contributed by atoms with Crippen LogP contribution in [0.1, 0.15) is 12.5 Å². The quantitative estimate of drug-likeness (QED) is 0.375. The Morgan fingerprint density at radius 3 is 2.81 bits per heavy atom. The fourth-order valence-electron chi connectivity index (χ4n) is 2.54. The Hall–Kier alpha value is -2.31. The van der Waals surface area contributed by atoms with Crippen LogP contribution in [0.15, 0.2) is 52.4 Å². The lowest BCUT2D eigenvalue weighted by molar-refractivity contribution is -0.139. The van der Waals surface area contributed by atoms with Crippen LogP contribution in [0.5, 0.6) is 0 Å². The summed E-state index contributed by atoms with van der Waals surface area (Å²) in [4.78, 5) is 29.4. The Bertz CT molecular complexity index is 1030. The van der Waals surface area contributed by atoms with Crippen LogP contribution in [0, 0.1) is 6.92 Å². The summed E-state index contributed by atoms with van der Waals surface area (Å²) < 4.78 is 6.43. The molecule has 0 aliphatic carbocycles. The van der Waals surface area contributed by atoms with Gasteiger partial charge in [-0.15, -0.1) is 0 Å². The maximum absolute atomic E-state index is 13.1. The molecule has 3 rings (SSSR count). The number of thioether (sulfide) groups is 1. The lowest BCUT2D eigenvalue weighted by Crippen LogP contribution is -2.22. The zero-order chi connectivity index (χ0) is 18.7. The zero-order valence-electron chi connectivity index (χ0n) is 14.4. The van der Waals surface area contributed by atoms with Gasteiger partial charge in [0.15, 0.2) is 5.16 Å². The molecule has 0 aliphatic rings. The van der Waals surface area contributed by atoms with Gasteiger partial charge in [0.25, 0.3) is 5.56 Å². The molecule has 0 radical (unpaired) electrons. The number of halogens is 1. The van der Waals surface area contributed by atoms with Crippen molar-refractivity contribution in [3.63, 3.8) is 0 Å². The summed E-state index contributed by atoms with van der Waals surface area (Å²) >= 11 is 7.50. The molecule has 0 amide bonds. The largest absolute Gasteiger partial charge is 0.465 e. The number of hydrogen-bond acceptors (Lipinski definition) is 5. The summed E-state index contributed by atoms with van der Waals surface area (Å²) in [5, 5.41) is 1.33. The Labute approximate surface area is 160 Å². The summed E-state index contributed by atoms with van der Waals surface area (Å²) in [6.45, 7) is 3.98. The lowest BCUT2D eigenvalue weighted by Gasteiger charge is -2.14. The number of nitrogens with zero attached hydrogens (tertiary/aromatic N) is 2. The summed E-state index contributed by atoms with van der Waals surface area (Å²) in [5.74, 6) is -0.302. The first-order chi connectivity index (χ1) is 12.5. The molecule has 0 fully saturated rings. The van der Waals surface area contributed by atoms with Crippen molar-refractivity contribution in [1.29, 1.82) is 0 Å². The number of rotatable bonds is 5. The van der Waals surface area contributed by atoms with Crippen LogP contribution in [-0.2, 0) is 9.53 Å². The average molecular weight is 389 g/mol. The van der Waals surface area contributed by atoms with Crippen molar-refractivity contribution >= 4 is 40.2 Å². The van der Waals surface area contributed by atoms with E-state index in [1.54, 1.807) is 31.2 Å². The summed E-state index contributed by atoms with van der Waals surface area (Å²) in [6, 6.07) is 12.6. The smallest absolute Gasteiger partial charge is 0.316 e. The second-order valence-corrected chi connectivity index (χ2v) is 6.95. The van der Waals surface area contributed by atoms with Gasteiger partial charge in [-0.25, -0.2) is 4.98 Å². The number of carbonyl (C=O) groups excluding carboxylic acids is 1. The monoisotopic (exact) mass is 388 g/mol. The third kappa shape index (κ3) is 3.76. The number of aryl methyl sites for hydroxylation is 1. The van der Waals surface area contributed by atoms with Crippen molar-refractivity contribution in [3.8, 4) is 5.69 Å². The predicted molar refractivity (Wildman–Crippen MR) is 104 cm³/mol. The van der Waals surface area contributed by atoms with Gasteiger partial charge in [0, 0.05) is 0 Å². The Morgan fingerprint density at radius 2 is 2.04 bits per heavy atom. The lowest BCUT2D eigenvalue weighted by atomic mass is 10.2. The standard InChI is InChI=1S/C19H17ClN2O3S/c1-3-25-17(23)11-26-19-21-15-7-5-4-6-13(15)18(24)22(19)16-10-12(2)8-9-14(16)20/h4-10H,3,11H2,1-2H3. The molecule has 2 aromatic carbocycles. The van der Waals surface area contributed by atoms with Crippen molar-refractivity contribution in [2.24, 2.45) is 0 Å². The highest BCUT2D eigenvalue weighted by Crippen LogP contribution is 2.26. The summed E-state index contributed by atoms with van der Waals surface area (Å²) in [7, 11) is 0. The molecule has 26 heavy (non-hydrogen) atoms. The molecule has 0 saturated heterocycles. The molecular weight excluding hydrogens is 372 g/mol. The molecule has 1 heterocycles. The van der Waals surface area contributed by atoms with E-state index < -0.39 is 0 Å². The third-order valence-electron chi connectivity index (χ3n) is 3.71. The highest BCUT2D eigenvalue weighted by molar-refractivity contribution is 7.99. The third-order valence-corrected chi connectivity index (χ3v) is 4.94. The molecule has 1 aromatic heterocycles. The van der Waals surface area contributed by atoms with E-state index in [2.05, 4.69) is 4.98 Å². The molecular formula is C19H17ClN2O3S. The molecule has 0 saturated carbocycles. The highest BCUT2D eigenvalue weighted by atomic mass is 35.5. The number of esters is 1. The maximum Gasteiger partial charge on any atom is 0.316 e. The molecule has 0 unspecified atom stereocenters. The molecule has 134 valence electrons. The SMILES string of the molecule is CCOC(=O)CSc1nc2ccccc2c(=O)n1-c1cc(C)ccc1Cl. The van der Waals surface area contributed by atoms with Crippen molar-refractivity contribution in [2.75, 3.05) is 12.4 Å². The Morgan fingerprint density at radius 1 is 1.27 bits per heavy atom. The van der Waals surface area contributed by atoms with Crippen molar-refractivity contribution in [1.82, 2.24) is 9.55 Å². The van der Waals surface area contributed by atoms with Crippen LogP contribution in [0.4, 0.5) is 0 Å². The van der Waals surface area contributed by atoms with Crippen molar-refractivity contribution in [3.05, 3.63) is 63.4 Å². The molecule has 0 bridgehead atoms. The molecule has 0 atom stereocenters. The zero-order valence-corrected chi connectivity index (χ0v) is 15.9. The van der Waals surface area contributed by atoms with Gasteiger partial charge >= 0.3 is 5.97 Å². The topological polar surface area (TPSA) is 61.2 Å². The van der Waals surface area contributed by atoms with E-state index in [1.807, 2.05) is 25.1 Å². The van der Waals surface area contributed by atoms with Gasteiger partial charge in [0.1, 0.15) is 0 Å². The van der Waals surface area contributed by atoms with Gasteiger partial charge in [0.05, 0.1) is 34.0 Å². The molecule has 0 spiro atoms. The molecule has 5 nitrogen and oxygen atoms in total. The predicted octanol–water partition coefficient (Wildman–Crippen LogP) is 4.00. The summed E-state index contributed by atoms with van der Waals surface area (Å²) in [6.07, 6.45) is 0. The minimum absolute atomic E-state index is 0.0576. The maximum atomic E-state index is 13.1. The fourth-order valence-corrected chi connectivity index (χ4v) is 3.55. The normalized spacial score (nSPS) is 10.9. The number of para-hydroxylation sites is 1. The molecule has 3 aromatic rings. The van der Waals surface area contributed by atoms with E-state index >= 15 is 0 Å². The van der Waals surface area contributed by atoms with Gasteiger partial charge in [-0.2, -0.15) is 0 Å². The van der Waals surface area contributed by atoms with Gasteiger partial charge in [-0.3, -0.25) is 14.2 Å². The van der Waals surface area contributed by atoms with Crippen LogP contribution in [0.25, 0.3) is 16.6 Å². The number of aromatic nitrogens is 2.